The van der Waals surface area contributed by atoms with Crippen LogP contribution in [0.25, 0.3) is 0 Å². The van der Waals surface area contributed by atoms with E-state index in [0.717, 1.165) is 16.9 Å². The first-order valence-electron chi connectivity index (χ1n) is 17.6. The number of carbonyl (C=O) groups is 3. The van der Waals surface area contributed by atoms with E-state index in [1.165, 1.54) is 11.6 Å². The standard InChI is InChI=1S/C39H46N6O6/c1-4-21-50-38(48)40-20-10-14-32-39-33-15-9-8-13-29(22-34(39)51-33)31(28-11-6-5-7-12-28)24-43(39)25-35-44(32)36(46)26-42(2)45(35)37(47)41-23-27-16-18-30(49-3)19-17-27/h4-9,11-13,15-19,22,31-35H,1,10,14,20-21,23-26H2,2-3H3,(H,40,48)(H,41,47)/b13-8?,15-9-/t31?,32-,33?,34?,35-,39?/m0/s1. The van der Waals surface area contributed by atoms with Crippen molar-refractivity contribution in [3.05, 3.63) is 114 Å². The average Bonchev–Trinajstić information content (AvgIpc) is 3.22. The molecule has 268 valence electrons. The molecule has 4 unspecified atom stereocenters. The van der Waals surface area contributed by atoms with Crippen LogP contribution in [-0.4, -0.2) is 115 Å². The number of ether oxygens (including phenoxy) is 3. The molecular weight excluding hydrogens is 648 g/mol. The number of hydrogen-bond acceptors (Lipinski definition) is 8. The van der Waals surface area contributed by atoms with Crippen molar-refractivity contribution in [2.75, 3.05) is 46.9 Å². The quantitative estimate of drug-likeness (QED) is 0.284. The van der Waals surface area contributed by atoms with Crippen molar-refractivity contribution in [2.24, 2.45) is 0 Å². The van der Waals surface area contributed by atoms with Gasteiger partial charge in [0.2, 0.25) is 5.91 Å². The third kappa shape index (κ3) is 6.43. The Morgan fingerprint density at radius 3 is 2.63 bits per heavy atom. The Bertz CT molecular complexity index is 1710. The van der Waals surface area contributed by atoms with Crippen LogP contribution in [0.15, 0.2) is 103 Å². The SMILES string of the molecule is C=CCOC(=O)NCCC[C@@H]1N2C(=O)CN(C)N(C(=O)NCc3ccc(OC)cc3)[C@H]2CN2CC(c3ccccc3)C3=CC4OC(/C=C\C=C3)C412. The van der Waals surface area contributed by atoms with Crippen LogP contribution < -0.4 is 15.4 Å². The van der Waals surface area contributed by atoms with Gasteiger partial charge in [-0.15, -0.1) is 0 Å². The zero-order chi connectivity index (χ0) is 35.5. The molecule has 5 aliphatic rings. The first kappa shape index (κ1) is 34.5. The van der Waals surface area contributed by atoms with Crippen LogP contribution in [0.5, 0.6) is 5.75 Å². The first-order valence-corrected chi connectivity index (χ1v) is 17.6. The fourth-order valence-electron chi connectivity index (χ4n) is 8.45. The zero-order valence-electron chi connectivity index (χ0n) is 29.1. The van der Waals surface area contributed by atoms with E-state index in [1.807, 2.05) is 41.3 Å². The molecule has 7 rings (SSSR count). The number of nitrogens with one attached hydrogen (secondary N) is 2. The number of urea groups is 1. The summed E-state index contributed by atoms with van der Waals surface area (Å²) < 4.78 is 17.1. The number of hydrazine groups is 1. The van der Waals surface area contributed by atoms with Crippen molar-refractivity contribution in [1.29, 1.82) is 0 Å². The van der Waals surface area contributed by atoms with E-state index in [-0.39, 0.29) is 49.3 Å². The Labute approximate surface area is 298 Å². The van der Waals surface area contributed by atoms with Gasteiger partial charge in [-0.1, -0.05) is 79.4 Å². The molecule has 3 fully saturated rings. The van der Waals surface area contributed by atoms with Gasteiger partial charge in [0.05, 0.1) is 19.7 Å². The summed E-state index contributed by atoms with van der Waals surface area (Å²) in [7, 11) is 3.41. The average molecular weight is 695 g/mol. The van der Waals surface area contributed by atoms with Gasteiger partial charge < -0.3 is 29.7 Å². The van der Waals surface area contributed by atoms with Crippen molar-refractivity contribution < 1.29 is 28.6 Å². The molecule has 3 bridgehead atoms. The third-order valence-corrected chi connectivity index (χ3v) is 10.7. The Morgan fingerprint density at radius 1 is 1.06 bits per heavy atom. The summed E-state index contributed by atoms with van der Waals surface area (Å²) in [6, 6.07) is 17.4. The highest BCUT2D eigenvalue weighted by Crippen LogP contribution is 2.53. The number of nitrogens with zero attached hydrogens (tertiary/aromatic N) is 4. The summed E-state index contributed by atoms with van der Waals surface area (Å²) >= 11 is 0. The van der Waals surface area contributed by atoms with Crippen molar-refractivity contribution in [3.8, 4) is 5.75 Å². The summed E-state index contributed by atoms with van der Waals surface area (Å²) in [5.41, 5.74) is 2.69. The summed E-state index contributed by atoms with van der Waals surface area (Å²) in [4.78, 5) is 45.2. The first-order chi connectivity index (χ1) is 24.8. The van der Waals surface area contributed by atoms with Crippen LogP contribution in [0.4, 0.5) is 9.59 Å². The summed E-state index contributed by atoms with van der Waals surface area (Å²) in [6.45, 7) is 5.57. The number of amides is 4. The molecule has 6 atom stereocenters. The Kier molecular flexibility index (Phi) is 9.99. The number of allylic oxidation sites excluding steroid dienone is 3. The molecular formula is C39H46N6O6. The van der Waals surface area contributed by atoms with E-state index in [2.05, 4.69) is 70.7 Å². The van der Waals surface area contributed by atoms with Crippen molar-refractivity contribution in [1.82, 2.24) is 30.5 Å². The van der Waals surface area contributed by atoms with E-state index >= 15 is 0 Å². The summed E-state index contributed by atoms with van der Waals surface area (Å²) in [5.74, 6) is 0.739. The van der Waals surface area contributed by atoms with Crippen LogP contribution in [0.1, 0.15) is 29.9 Å². The van der Waals surface area contributed by atoms with Crippen LogP contribution in [0.2, 0.25) is 0 Å². The van der Waals surface area contributed by atoms with E-state index < -0.39 is 17.8 Å². The second-order valence-corrected chi connectivity index (χ2v) is 13.6. The smallest absolute Gasteiger partial charge is 0.407 e. The largest absolute Gasteiger partial charge is 0.497 e. The Hall–Kier alpha value is -4.91. The highest BCUT2D eigenvalue weighted by molar-refractivity contribution is 5.83. The molecule has 12 nitrogen and oxygen atoms in total. The van der Waals surface area contributed by atoms with Crippen LogP contribution in [0, 0.1) is 0 Å². The molecule has 0 radical (unpaired) electrons. The lowest BCUT2D eigenvalue weighted by atomic mass is 9.68. The van der Waals surface area contributed by atoms with E-state index in [0.29, 0.717) is 39.0 Å². The topological polar surface area (TPSA) is 116 Å². The van der Waals surface area contributed by atoms with Gasteiger partial charge in [0.15, 0.2) is 0 Å². The number of fused-ring (bicyclic) bond motifs is 2. The predicted octanol–water partition coefficient (Wildman–Crippen LogP) is 3.95. The molecule has 51 heavy (non-hydrogen) atoms. The molecule has 3 saturated heterocycles. The van der Waals surface area contributed by atoms with Crippen LogP contribution >= 0.6 is 0 Å². The van der Waals surface area contributed by atoms with Gasteiger partial charge in [0.25, 0.3) is 0 Å². The number of piperazine rings is 1. The van der Waals surface area contributed by atoms with Crippen molar-refractivity contribution in [3.63, 3.8) is 0 Å². The number of carbonyl (C=O) groups excluding carboxylic acids is 3. The van der Waals surface area contributed by atoms with Gasteiger partial charge in [-0.2, -0.15) is 0 Å². The van der Waals surface area contributed by atoms with Gasteiger partial charge >= 0.3 is 12.1 Å². The normalized spacial score (nSPS) is 28.8. The maximum absolute atomic E-state index is 14.3. The molecule has 2 N–H and O–H groups in total. The second kappa shape index (κ2) is 14.7. The second-order valence-electron chi connectivity index (χ2n) is 13.6. The van der Waals surface area contributed by atoms with Crippen molar-refractivity contribution in [2.45, 2.75) is 55.3 Å². The maximum atomic E-state index is 14.3. The maximum Gasteiger partial charge on any atom is 0.407 e. The van der Waals surface area contributed by atoms with E-state index in [4.69, 9.17) is 14.2 Å². The minimum absolute atomic E-state index is 0.0449. The third-order valence-electron chi connectivity index (χ3n) is 10.7. The van der Waals surface area contributed by atoms with E-state index in [9.17, 15) is 14.4 Å². The highest BCUT2D eigenvalue weighted by Gasteiger charge is 2.69. The molecule has 0 saturated carbocycles. The lowest BCUT2D eigenvalue weighted by Crippen LogP contribution is -2.88. The number of rotatable bonds is 10. The molecule has 4 amide bonds. The number of alkyl carbamates (subject to hydrolysis) is 1. The number of hydrogen-bond donors (Lipinski definition) is 2. The molecule has 12 heteroatoms. The monoisotopic (exact) mass is 694 g/mol. The molecule has 5 aliphatic heterocycles. The summed E-state index contributed by atoms with van der Waals surface area (Å²) in [5, 5.41) is 9.38. The van der Waals surface area contributed by atoms with Crippen molar-refractivity contribution >= 4 is 18.0 Å². The minimum Gasteiger partial charge on any atom is -0.497 e. The lowest BCUT2D eigenvalue weighted by molar-refractivity contribution is -0.285. The van der Waals surface area contributed by atoms with Gasteiger partial charge in [-0.25, -0.2) is 19.6 Å². The zero-order valence-corrected chi connectivity index (χ0v) is 29.1. The van der Waals surface area contributed by atoms with Gasteiger partial charge in [-0.3, -0.25) is 9.69 Å². The number of methoxy groups -OCH3 is 1. The fourth-order valence-corrected chi connectivity index (χ4v) is 8.45. The summed E-state index contributed by atoms with van der Waals surface area (Å²) in [6.07, 6.45) is 11.6. The molecule has 0 aromatic heterocycles. The van der Waals surface area contributed by atoms with Gasteiger partial charge in [0, 0.05) is 39.1 Å². The van der Waals surface area contributed by atoms with E-state index in [1.54, 1.807) is 24.2 Å². The number of benzene rings is 2. The fraction of sp³-hybridized carbons (Fsp3) is 0.410. The Balaban J connectivity index is 1.24. The van der Waals surface area contributed by atoms with Crippen LogP contribution in [-0.2, 0) is 20.8 Å². The van der Waals surface area contributed by atoms with Gasteiger partial charge in [-0.05, 0) is 47.8 Å². The van der Waals surface area contributed by atoms with Gasteiger partial charge in [0.1, 0.15) is 36.3 Å². The Morgan fingerprint density at radius 2 is 1.86 bits per heavy atom. The lowest BCUT2D eigenvalue weighted by Gasteiger charge is -2.69. The van der Waals surface area contributed by atoms with Crippen LogP contribution in [0.3, 0.4) is 0 Å². The molecule has 1 spiro atoms. The predicted molar refractivity (Wildman–Crippen MR) is 191 cm³/mol. The molecule has 5 heterocycles. The number of likely N-dealkylation sites (N-methyl/N-ethyl adjacent to an activating group) is 1. The molecule has 0 aliphatic carbocycles. The minimum atomic E-state index is -0.589. The highest BCUT2D eigenvalue weighted by atomic mass is 16.5. The molecule has 2 aromatic carbocycles. The molecule has 2 aromatic rings.